The van der Waals surface area contributed by atoms with E-state index in [1.54, 1.807) is 32.5 Å². The topological polar surface area (TPSA) is 96.8 Å². The lowest BCUT2D eigenvalue weighted by Gasteiger charge is -2.40. The summed E-state index contributed by atoms with van der Waals surface area (Å²) in [4.78, 5) is 39.5. The van der Waals surface area contributed by atoms with Crippen molar-refractivity contribution in [2.24, 2.45) is 7.05 Å². The van der Waals surface area contributed by atoms with Crippen molar-refractivity contribution in [3.05, 3.63) is 23.9 Å². The Kier molecular flexibility index (Phi) is 6.26. The zero-order valence-corrected chi connectivity index (χ0v) is 20.3. The number of carbonyl (C=O) groups excluding carboxylic acids is 3. The van der Waals surface area contributed by atoms with Gasteiger partial charge in [-0.1, -0.05) is 0 Å². The van der Waals surface area contributed by atoms with E-state index in [-0.39, 0.29) is 30.8 Å². The van der Waals surface area contributed by atoms with Crippen molar-refractivity contribution in [3.8, 4) is 0 Å². The van der Waals surface area contributed by atoms with E-state index in [0.29, 0.717) is 25.1 Å². The average Bonchev–Trinajstić information content (AvgIpc) is 3.07. The molecule has 0 bridgehead atoms. The molecule has 2 aliphatic rings. The third kappa shape index (κ3) is 4.71. The van der Waals surface area contributed by atoms with Gasteiger partial charge in [-0.25, -0.2) is 9.18 Å². The van der Waals surface area contributed by atoms with Crippen LogP contribution >= 0.6 is 0 Å². The molecule has 3 heterocycles. The number of fused-ring (bicyclic) bond motifs is 1. The van der Waals surface area contributed by atoms with E-state index in [1.807, 2.05) is 30.1 Å². The minimum atomic E-state index is -1.23. The Labute approximate surface area is 198 Å². The molecule has 1 unspecified atom stereocenters. The number of carbonyl (C=O) groups is 3. The highest BCUT2D eigenvalue weighted by Crippen LogP contribution is 2.33. The molecule has 10 heteroatoms. The Bertz CT molecular complexity index is 1120. The van der Waals surface area contributed by atoms with Gasteiger partial charge in [0.2, 0.25) is 11.8 Å². The van der Waals surface area contributed by atoms with E-state index in [2.05, 4.69) is 10.4 Å². The molecule has 9 nitrogen and oxygen atoms in total. The maximum atomic E-state index is 15.2. The van der Waals surface area contributed by atoms with Gasteiger partial charge in [-0.2, -0.15) is 5.10 Å². The van der Waals surface area contributed by atoms with Crippen molar-refractivity contribution >= 4 is 34.5 Å². The second kappa shape index (κ2) is 8.88. The summed E-state index contributed by atoms with van der Waals surface area (Å²) in [6.07, 6.45) is -0.532. The van der Waals surface area contributed by atoms with E-state index in [9.17, 15) is 14.4 Å². The zero-order valence-electron chi connectivity index (χ0n) is 20.3. The quantitative estimate of drug-likeness (QED) is 0.689. The number of halogens is 1. The maximum Gasteiger partial charge on any atom is 0.410 e. The molecule has 1 aromatic heterocycles. The van der Waals surface area contributed by atoms with E-state index in [1.165, 1.54) is 4.90 Å². The lowest BCUT2D eigenvalue weighted by Crippen LogP contribution is -2.53. The van der Waals surface area contributed by atoms with Gasteiger partial charge in [0.15, 0.2) is 0 Å². The number of piperidine rings is 2. The fourth-order valence-electron chi connectivity index (χ4n) is 4.72. The molecule has 2 aliphatic heterocycles. The van der Waals surface area contributed by atoms with E-state index in [0.717, 1.165) is 16.6 Å². The molecule has 0 aliphatic carbocycles. The van der Waals surface area contributed by atoms with E-state index >= 15 is 4.39 Å². The first-order valence-corrected chi connectivity index (χ1v) is 11.6. The normalized spacial score (nSPS) is 23.7. The molecule has 3 amide bonds. The molecule has 2 saturated heterocycles. The summed E-state index contributed by atoms with van der Waals surface area (Å²) in [7, 11) is 3.65. The number of rotatable bonds is 3. The molecule has 2 fully saturated rings. The molecule has 0 saturated carbocycles. The minimum absolute atomic E-state index is 0.0163. The van der Waals surface area contributed by atoms with Crippen LogP contribution in [0.4, 0.5) is 14.9 Å². The number of hydrogen-bond acceptors (Lipinski definition) is 6. The number of likely N-dealkylation sites (tertiary alicyclic amines) is 1. The highest BCUT2D eigenvalue weighted by Gasteiger charge is 2.36. The summed E-state index contributed by atoms with van der Waals surface area (Å²) in [6.45, 7) is 5.77. The van der Waals surface area contributed by atoms with Crippen molar-refractivity contribution in [1.29, 1.82) is 0 Å². The van der Waals surface area contributed by atoms with Gasteiger partial charge in [-0.3, -0.25) is 19.6 Å². The molecule has 0 spiro atoms. The van der Waals surface area contributed by atoms with Gasteiger partial charge in [0.25, 0.3) is 0 Å². The Hall–Kier alpha value is -3.17. The summed E-state index contributed by atoms with van der Waals surface area (Å²) in [5.41, 5.74) is 1.67. The number of amides is 3. The largest absolute Gasteiger partial charge is 0.444 e. The number of nitrogens with one attached hydrogen (secondary N) is 1. The minimum Gasteiger partial charge on any atom is -0.444 e. The fourth-order valence-corrected chi connectivity index (χ4v) is 4.72. The number of hydrogen-bond donors (Lipinski definition) is 1. The van der Waals surface area contributed by atoms with Crippen LogP contribution in [0.5, 0.6) is 0 Å². The van der Waals surface area contributed by atoms with Crippen molar-refractivity contribution in [3.63, 3.8) is 0 Å². The number of ether oxygens (including phenoxy) is 1. The maximum absolute atomic E-state index is 15.2. The van der Waals surface area contributed by atoms with Crippen LogP contribution in [0.1, 0.15) is 51.6 Å². The Morgan fingerprint density at radius 2 is 2.00 bits per heavy atom. The van der Waals surface area contributed by atoms with Crippen molar-refractivity contribution in [2.75, 3.05) is 25.0 Å². The number of imide groups is 1. The first-order valence-electron chi connectivity index (χ1n) is 11.6. The predicted molar refractivity (Wildman–Crippen MR) is 125 cm³/mol. The highest BCUT2D eigenvalue weighted by atomic mass is 19.1. The first-order chi connectivity index (χ1) is 15.9. The number of aromatic nitrogens is 2. The standard InChI is InChI=1S/C24H32FN5O4/c1-24(2,3)34-23(33)30-11-10-18(17(25)13-30)28(4)14-6-7-15-19(12-14)29(5)27-21(15)16-8-9-20(31)26-22(16)32/h6-7,12,16-18H,8-11,13H2,1-5H3,(H,26,31,32)/t16?,17-,18-/m1/s1. The van der Waals surface area contributed by atoms with Crippen LogP contribution in [0.25, 0.3) is 10.9 Å². The molecule has 34 heavy (non-hydrogen) atoms. The zero-order chi connectivity index (χ0) is 24.8. The van der Waals surface area contributed by atoms with Gasteiger partial charge >= 0.3 is 6.09 Å². The Morgan fingerprint density at radius 1 is 1.26 bits per heavy atom. The molecular weight excluding hydrogens is 441 g/mol. The smallest absolute Gasteiger partial charge is 0.410 e. The van der Waals surface area contributed by atoms with Crippen molar-refractivity contribution in [2.45, 2.75) is 63.8 Å². The second-order valence-corrected chi connectivity index (χ2v) is 10.1. The molecule has 4 rings (SSSR count). The third-order valence-corrected chi connectivity index (χ3v) is 6.50. The molecule has 1 N–H and O–H groups in total. The molecule has 2 aromatic rings. The first kappa shape index (κ1) is 24.0. The third-order valence-electron chi connectivity index (χ3n) is 6.50. The average molecular weight is 474 g/mol. The summed E-state index contributed by atoms with van der Waals surface area (Å²) in [5.74, 6) is -1.06. The van der Waals surface area contributed by atoms with Crippen LogP contribution in [-0.4, -0.2) is 70.5 Å². The number of anilines is 1. The summed E-state index contributed by atoms with van der Waals surface area (Å²) >= 11 is 0. The SMILES string of the molecule is CN(c1ccc2c(C3CCC(=O)NC3=O)nn(C)c2c1)[C@@H]1CCN(C(=O)OC(C)(C)C)C[C@H]1F. The van der Waals surface area contributed by atoms with Gasteiger partial charge in [0.05, 0.1) is 29.7 Å². The lowest BCUT2D eigenvalue weighted by atomic mass is 9.92. The van der Waals surface area contributed by atoms with Crippen LogP contribution < -0.4 is 10.2 Å². The van der Waals surface area contributed by atoms with Gasteiger partial charge in [0.1, 0.15) is 11.8 Å². The Balaban J connectivity index is 1.51. The van der Waals surface area contributed by atoms with Crippen LogP contribution in [0.2, 0.25) is 0 Å². The van der Waals surface area contributed by atoms with Gasteiger partial charge in [-0.15, -0.1) is 0 Å². The molecule has 184 valence electrons. The van der Waals surface area contributed by atoms with Gasteiger partial charge in [-0.05, 0) is 51.8 Å². The highest BCUT2D eigenvalue weighted by molar-refractivity contribution is 6.02. The fraction of sp³-hybridized carbons (Fsp3) is 0.583. The molecule has 3 atom stereocenters. The summed E-state index contributed by atoms with van der Waals surface area (Å²) in [5, 5.41) is 7.80. The van der Waals surface area contributed by atoms with E-state index in [4.69, 9.17) is 4.74 Å². The summed E-state index contributed by atoms with van der Waals surface area (Å²) < 4.78 is 22.3. The second-order valence-electron chi connectivity index (χ2n) is 10.1. The van der Waals surface area contributed by atoms with Crippen molar-refractivity contribution < 1.29 is 23.5 Å². The molecule has 1 aromatic carbocycles. The number of aryl methyl sites for hydroxylation is 1. The van der Waals surface area contributed by atoms with Gasteiger partial charge in [0, 0.05) is 38.1 Å². The Morgan fingerprint density at radius 3 is 2.65 bits per heavy atom. The number of benzene rings is 1. The van der Waals surface area contributed by atoms with Gasteiger partial charge < -0.3 is 14.5 Å². The van der Waals surface area contributed by atoms with Crippen LogP contribution in [0, 0.1) is 0 Å². The van der Waals surface area contributed by atoms with Crippen LogP contribution in [-0.2, 0) is 21.4 Å². The lowest BCUT2D eigenvalue weighted by molar-refractivity contribution is -0.134. The predicted octanol–water partition coefficient (Wildman–Crippen LogP) is 2.88. The summed E-state index contributed by atoms with van der Waals surface area (Å²) in [6, 6.07) is 5.34. The monoisotopic (exact) mass is 473 g/mol. The molecule has 0 radical (unpaired) electrons. The number of alkyl halides is 1. The van der Waals surface area contributed by atoms with Crippen molar-refractivity contribution in [1.82, 2.24) is 20.0 Å². The molecular formula is C24H32FN5O4. The van der Waals surface area contributed by atoms with Crippen LogP contribution in [0.15, 0.2) is 18.2 Å². The number of nitrogens with zero attached hydrogens (tertiary/aromatic N) is 4. The van der Waals surface area contributed by atoms with Crippen LogP contribution in [0.3, 0.4) is 0 Å². The van der Waals surface area contributed by atoms with E-state index < -0.39 is 23.8 Å².